The van der Waals surface area contributed by atoms with Crippen LogP contribution < -0.4 is 5.32 Å². The maximum absolute atomic E-state index is 13.1. The first-order chi connectivity index (χ1) is 10.5. The van der Waals surface area contributed by atoms with Crippen LogP contribution in [-0.2, 0) is 6.54 Å². The highest BCUT2D eigenvalue weighted by Crippen LogP contribution is 2.09. The molecule has 0 aliphatic heterocycles. The number of benzene rings is 1. The molecule has 3 aromatic rings. The summed E-state index contributed by atoms with van der Waals surface area (Å²) in [5, 5.41) is 2.62. The predicted octanol–water partition coefficient (Wildman–Crippen LogP) is 2.25. The Balaban J connectivity index is 1.76. The van der Waals surface area contributed by atoms with Crippen molar-refractivity contribution in [2.75, 3.05) is 0 Å². The van der Waals surface area contributed by atoms with E-state index in [0.29, 0.717) is 11.3 Å². The first-order valence-corrected chi connectivity index (χ1v) is 6.57. The number of halogens is 2. The fourth-order valence-electron chi connectivity index (χ4n) is 2.10. The third-order valence-electron chi connectivity index (χ3n) is 3.24. The van der Waals surface area contributed by atoms with Gasteiger partial charge in [-0.1, -0.05) is 6.07 Å². The zero-order chi connectivity index (χ0) is 15.7. The molecule has 1 N–H and O–H groups in total. The number of rotatable bonds is 3. The largest absolute Gasteiger partial charge is 0.347 e. The normalized spacial score (nSPS) is 10.9. The van der Waals surface area contributed by atoms with E-state index in [0.717, 1.165) is 17.8 Å². The van der Waals surface area contributed by atoms with Crippen molar-refractivity contribution in [3.8, 4) is 0 Å². The molecular formula is C15H12F2N4O. The number of amides is 1. The Kier molecular flexibility index (Phi) is 3.54. The van der Waals surface area contributed by atoms with E-state index in [1.165, 1.54) is 6.07 Å². The van der Waals surface area contributed by atoms with Gasteiger partial charge in [0, 0.05) is 24.6 Å². The molecule has 0 unspecified atom stereocenters. The van der Waals surface area contributed by atoms with Crippen LogP contribution in [0.5, 0.6) is 0 Å². The number of imidazole rings is 1. The summed E-state index contributed by atoms with van der Waals surface area (Å²) in [7, 11) is 0. The van der Waals surface area contributed by atoms with E-state index in [-0.39, 0.29) is 12.2 Å². The molecule has 5 nitrogen and oxygen atoms in total. The van der Waals surface area contributed by atoms with Crippen molar-refractivity contribution in [3.05, 3.63) is 65.2 Å². The monoisotopic (exact) mass is 302 g/mol. The lowest BCUT2D eigenvalue weighted by atomic mass is 10.2. The topological polar surface area (TPSA) is 59.3 Å². The van der Waals surface area contributed by atoms with Crippen molar-refractivity contribution >= 4 is 11.7 Å². The van der Waals surface area contributed by atoms with Gasteiger partial charge in [0.2, 0.25) is 5.78 Å². The Bertz CT molecular complexity index is 860. The van der Waals surface area contributed by atoms with Gasteiger partial charge in [0.25, 0.3) is 5.91 Å². The van der Waals surface area contributed by atoms with Gasteiger partial charge >= 0.3 is 0 Å². The third kappa shape index (κ3) is 2.65. The predicted molar refractivity (Wildman–Crippen MR) is 75.3 cm³/mol. The minimum Gasteiger partial charge on any atom is -0.347 e. The molecule has 0 radical (unpaired) electrons. The summed E-state index contributed by atoms with van der Waals surface area (Å²) in [4.78, 5) is 20.3. The van der Waals surface area contributed by atoms with Crippen LogP contribution in [0.3, 0.4) is 0 Å². The number of hydrogen-bond donors (Lipinski definition) is 1. The van der Waals surface area contributed by atoms with E-state index >= 15 is 0 Å². The smallest absolute Gasteiger partial charge is 0.270 e. The van der Waals surface area contributed by atoms with Gasteiger partial charge in [-0.3, -0.25) is 9.20 Å². The summed E-state index contributed by atoms with van der Waals surface area (Å²) in [6, 6.07) is 5.12. The second kappa shape index (κ2) is 5.51. The number of hydrogen-bond acceptors (Lipinski definition) is 3. The van der Waals surface area contributed by atoms with Crippen LogP contribution in [-0.4, -0.2) is 20.3 Å². The number of nitrogens with zero attached hydrogens (tertiary/aromatic N) is 3. The first-order valence-electron chi connectivity index (χ1n) is 6.57. The number of fused-ring (bicyclic) bond motifs is 1. The minimum absolute atomic E-state index is 0.0797. The molecule has 1 aromatic carbocycles. The molecule has 0 aliphatic carbocycles. The average molecular weight is 302 g/mol. The fourth-order valence-corrected chi connectivity index (χ4v) is 2.10. The van der Waals surface area contributed by atoms with Gasteiger partial charge in [-0.25, -0.2) is 18.7 Å². The maximum atomic E-state index is 13.1. The number of carbonyl (C=O) groups excluding carboxylic acids is 1. The third-order valence-corrected chi connectivity index (χ3v) is 3.24. The van der Waals surface area contributed by atoms with Crippen LogP contribution in [0.4, 0.5) is 8.78 Å². The maximum Gasteiger partial charge on any atom is 0.270 e. The second-order valence-electron chi connectivity index (χ2n) is 4.81. The highest BCUT2D eigenvalue weighted by Gasteiger charge is 2.11. The Morgan fingerprint density at radius 3 is 2.86 bits per heavy atom. The SMILES string of the molecule is Cc1cc(C(=O)NCc2ccc(F)c(F)c2)nc2nccn12. The Hall–Kier alpha value is -2.83. The average Bonchev–Trinajstić information content (AvgIpc) is 2.97. The summed E-state index contributed by atoms with van der Waals surface area (Å²) in [6.07, 6.45) is 3.35. The molecule has 112 valence electrons. The van der Waals surface area contributed by atoms with Gasteiger partial charge in [0.1, 0.15) is 5.69 Å². The lowest BCUT2D eigenvalue weighted by Gasteiger charge is -2.07. The molecule has 2 aromatic heterocycles. The van der Waals surface area contributed by atoms with E-state index in [9.17, 15) is 13.6 Å². The van der Waals surface area contributed by atoms with Gasteiger partial charge in [-0.15, -0.1) is 0 Å². The van der Waals surface area contributed by atoms with E-state index in [4.69, 9.17) is 0 Å². The van der Waals surface area contributed by atoms with Gasteiger partial charge in [0.15, 0.2) is 11.6 Å². The molecule has 0 atom stereocenters. The van der Waals surface area contributed by atoms with Gasteiger partial charge in [-0.2, -0.15) is 0 Å². The molecule has 2 heterocycles. The van der Waals surface area contributed by atoms with Gasteiger partial charge < -0.3 is 5.32 Å². The van der Waals surface area contributed by atoms with Crippen LogP contribution in [0.15, 0.2) is 36.7 Å². The Morgan fingerprint density at radius 2 is 2.09 bits per heavy atom. The molecule has 0 saturated heterocycles. The molecule has 7 heteroatoms. The molecule has 0 saturated carbocycles. The molecule has 1 amide bonds. The van der Waals surface area contributed by atoms with Crippen molar-refractivity contribution in [1.82, 2.24) is 19.7 Å². The van der Waals surface area contributed by atoms with Crippen molar-refractivity contribution in [3.63, 3.8) is 0 Å². The minimum atomic E-state index is -0.945. The number of aryl methyl sites for hydroxylation is 1. The van der Waals surface area contributed by atoms with E-state index in [2.05, 4.69) is 15.3 Å². The van der Waals surface area contributed by atoms with Gasteiger partial charge in [0.05, 0.1) is 0 Å². The molecule has 0 aliphatic rings. The number of nitrogens with one attached hydrogen (secondary N) is 1. The van der Waals surface area contributed by atoms with Crippen molar-refractivity contribution < 1.29 is 13.6 Å². The van der Waals surface area contributed by atoms with Crippen molar-refractivity contribution in [1.29, 1.82) is 0 Å². The van der Waals surface area contributed by atoms with Crippen LogP contribution in [0.1, 0.15) is 21.7 Å². The van der Waals surface area contributed by atoms with Crippen molar-refractivity contribution in [2.45, 2.75) is 13.5 Å². The lowest BCUT2D eigenvalue weighted by Crippen LogP contribution is -2.24. The number of carbonyl (C=O) groups is 1. The summed E-state index contributed by atoms with van der Waals surface area (Å²) >= 11 is 0. The zero-order valence-electron chi connectivity index (χ0n) is 11.7. The van der Waals surface area contributed by atoms with Crippen LogP contribution >= 0.6 is 0 Å². The molecule has 0 bridgehead atoms. The summed E-state index contributed by atoms with van der Waals surface area (Å²) in [6.45, 7) is 1.92. The fraction of sp³-hybridized carbons (Fsp3) is 0.133. The van der Waals surface area contributed by atoms with Crippen LogP contribution in [0.25, 0.3) is 5.78 Å². The van der Waals surface area contributed by atoms with Gasteiger partial charge in [-0.05, 0) is 30.7 Å². The summed E-state index contributed by atoms with van der Waals surface area (Å²) in [5.41, 5.74) is 1.50. The lowest BCUT2D eigenvalue weighted by molar-refractivity contribution is 0.0946. The van der Waals surface area contributed by atoms with E-state index in [1.54, 1.807) is 22.9 Å². The standard InChI is InChI=1S/C15H12F2N4O/c1-9-6-13(20-15-18-4-5-21(9)15)14(22)19-8-10-2-3-11(16)12(17)7-10/h2-7H,8H2,1H3,(H,19,22). The van der Waals surface area contributed by atoms with E-state index in [1.807, 2.05) is 6.92 Å². The molecule has 22 heavy (non-hydrogen) atoms. The zero-order valence-corrected chi connectivity index (χ0v) is 11.7. The molecule has 0 fully saturated rings. The molecule has 3 rings (SSSR count). The first kappa shape index (κ1) is 14.1. The summed E-state index contributed by atoms with van der Waals surface area (Å²) in [5.74, 6) is -1.84. The van der Waals surface area contributed by atoms with Crippen molar-refractivity contribution in [2.24, 2.45) is 0 Å². The molecular weight excluding hydrogens is 290 g/mol. The quantitative estimate of drug-likeness (QED) is 0.807. The van der Waals surface area contributed by atoms with E-state index < -0.39 is 17.5 Å². The number of aromatic nitrogens is 3. The van der Waals surface area contributed by atoms with Crippen LogP contribution in [0, 0.1) is 18.6 Å². The Labute approximate surface area is 124 Å². The molecule has 0 spiro atoms. The Morgan fingerprint density at radius 1 is 1.27 bits per heavy atom. The highest BCUT2D eigenvalue weighted by atomic mass is 19.2. The summed E-state index contributed by atoms with van der Waals surface area (Å²) < 4.78 is 27.7. The van der Waals surface area contributed by atoms with Crippen LogP contribution in [0.2, 0.25) is 0 Å². The second-order valence-corrected chi connectivity index (χ2v) is 4.81. The highest BCUT2D eigenvalue weighted by molar-refractivity contribution is 5.92.